The second kappa shape index (κ2) is 8.54. The monoisotopic (exact) mass is 463 g/mol. The fraction of sp³-hybridized carbons (Fsp3) is 0.250. The van der Waals surface area contributed by atoms with Gasteiger partial charge in [0.25, 0.3) is 17.5 Å². The third-order valence-corrected chi connectivity index (χ3v) is 5.65. The van der Waals surface area contributed by atoms with Crippen molar-refractivity contribution in [2.45, 2.75) is 33.2 Å². The largest absolute Gasteiger partial charge is 0.423 e. The molecule has 1 aliphatic rings. The number of hydrogen-bond donors (Lipinski definition) is 1. The summed E-state index contributed by atoms with van der Waals surface area (Å²) in [6.45, 7) is 5.42. The SMILES string of the molecule is Cc1cc(=O)oc2cc(NC(=O)[C@H](CC(C)C)N3C(=O)c4cccc([N+](=O)[O-])c4C3=O)ccc12. The number of nitro groups is 1. The minimum Gasteiger partial charge on any atom is -0.423 e. The van der Waals surface area contributed by atoms with Gasteiger partial charge in [-0.1, -0.05) is 19.9 Å². The van der Waals surface area contributed by atoms with Gasteiger partial charge in [-0.2, -0.15) is 0 Å². The van der Waals surface area contributed by atoms with Crippen LogP contribution in [-0.4, -0.2) is 33.6 Å². The number of nitrogens with one attached hydrogen (secondary N) is 1. The topological polar surface area (TPSA) is 140 Å². The van der Waals surface area contributed by atoms with Crippen molar-refractivity contribution in [1.82, 2.24) is 4.90 Å². The molecule has 1 atom stereocenters. The molecule has 10 heteroatoms. The molecule has 3 amide bonds. The van der Waals surface area contributed by atoms with E-state index in [2.05, 4.69) is 5.32 Å². The van der Waals surface area contributed by atoms with E-state index in [-0.39, 0.29) is 29.0 Å². The summed E-state index contributed by atoms with van der Waals surface area (Å²) in [7, 11) is 0. The Morgan fingerprint density at radius 2 is 1.85 bits per heavy atom. The maximum absolute atomic E-state index is 13.3. The number of carbonyl (C=O) groups is 3. The summed E-state index contributed by atoms with van der Waals surface area (Å²) in [4.78, 5) is 62.7. The third kappa shape index (κ3) is 3.94. The van der Waals surface area contributed by atoms with E-state index in [4.69, 9.17) is 4.42 Å². The molecule has 0 radical (unpaired) electrons. The quantitative estimate of drug-likeness (QED) is 0.255. The highest BCUT2D eigenvalue weighted by Gasteiger charge is 2.46. The first kappa shape index (κ1) is 22.8. The molecule has 0 aliphatic carbocycles. The van der Waals surface area contributed by atoms with Crippen molar-refractivity contribution >= 4 is 40.1 Å². The van der Waals surface area contributed by atoms with Gasteiger partial charge in [0.05, 0.1) is 10.5 Å². The number of imide groups is 1. The highest BCUT2D eigenvalue weighted by atomic mass is 16.6. The van der Waals surface area contributed by atoms with Crippen LogP contribution in [0.3, 0.4) is 0 Å². The zero-order valence-electron chi connectivity index (χ0n) is 18.7. The van der Waals surface area contributed by atoms with Crippen LogP contribution in [0, 0.1) is 23.0 Å². The summed E-state index contributed by atoms with van der Waals surface area (Å²) in [6, 6.07) is 8.76. The van der Waals surface area contributed by atoms with Crippen molar-refractivity contribution < 1.29 is 23.7 Å². The van der Waals surface area contributed by atoms with Crippen molar-refractivity contribution in [3.05, 3.63) is 79.7 Å². The van der Waals surface area contributed by atoms with Crippen LogP contribution < -0.4 is 10.9 Å². The predicted molar refractivity (Wildman–Crippen MR) is 123 cm³/mol. The second-order valence-electron chi connectivity index (χ2n) is 8.53. The van der Waals surface area contributed by atoms with E-state index in [0.29, 0.717) is 11.1 Å². The second-order valence-corrected chi connectivity index (χ2v) is 8.53. The number of amides is 3. The van der Waals surface area contributed by atoms with Gasteiger partial charge in [-0.25, -0.2) is 4.79 Å². The van der Waals surface area contributed by atoms with E-state index < -0.39 is 40.0 Å². The lowest BCUT2D eigenvalue weighted by Crippen LogP contribution is -2.48. The Labute approximate surface area is 193 Å². The Morgan fingerprint density at radius 1 is 1.12 bits per heavy atom. The lowest BCUT2D eigenvalue weighted by Gasteiger charge is -2.26. The van der Waals surface area contributed by atoms with Crippen LogP contribution in [0.4, 0.5) is 11.4 Å². The Kier molecular flexibility index (Phi) is 5.74. The highest BCUT2D eigenvalue weighted by molar-refractivity contribution is 6.25. The van der Waals surface area contributed by atoms with Gasteiger partial charge >= 0.3 is 5.63 Å². The standard InChI is InChI=1S/C24H21N3O7/c1-12(2)9-18(26-23(30)16-5-4-6-17(27(32)33)21(16)24(26)31)22(29)25-14-7-8-15-13(3)10-20(28)34-19(15)11-14/h4-8,10-12,18H,9H2,1-3H3,(H,25,29)/t18-/m0/s1. The van der Waals surface area contributed by atoms with Gasteiger partial charge in [-0.3, -0.25) is 29.4 Å². The van der Waals surface area contributed by atoms with E-state index >= 15 is 0 Å². The third-order valence-electron chi connectivity index (χ3n) is 5.65. The van der Waals surface area contributed by atoms with Crippen LogP contribution in [0.5, 0.6) is 0 Å². The van der Waals surface area contributed by atoms with Crippen molar-refractivity contribution in [3.8, 4) is 0 Å². The molecule has 1 N–H and O–H groups in total. The van der Waals surface area contributed by atoms with Gasteiger partial charge in [0.1, 0.15) is 17.2 Å². The molecular weight excluding hydrogens is 442 g/mol. The summed E-state index contributed by atoms with van der Waals surface area (Å²) >= 11 is 0. The molecular formula is C24H21N3O7. The summed E-state index contributed by atoms with van der Waals surface area (Å²) in [5.74, 6) is -2.36. The molecule has 0 bridgehead atoms. The number of carbonyl (C=O) groups excluding carboxylic acids is 3. The van der Waals surface area contributed by atoms with Crippen LogP contribution in [0.2, 0.25) is 0 Å². The van der Waals surface area contributed by atoms with E-state index in [1.54, 1.807) is 19.1 Å². The number of benzene rings is 2. The van der Waals surface area contributed by atoms with Gasteiger partial charge in [0.15, 0.2) is 0 Å². The minimum atomic E-state index is -1.20. The molecule has 34 heavy (non-hydrogen) atoms. The number of aryl methyl sites for hydroxylation is 1. The van der Waals surface area contributed by atoms with Crippen LogP contribution >= 0.6 is 0 Å². The van der Waals surface area contributed by atoms with E-state index in [1.165, 1.54) is 24.3 Å². The minimum absolute atomic E-state index is 0.0766. The normalized spacial score (nSPS) is 13.9. The van der Waals surface area contributed by atoms with Gasteiger partial charge < -0.3 is 9.73 Å². The van der Waals surface area contributed by atoms with Crippen molar-refractivity contribution in [2.75, 3.05) is 5.32 Å². The van der Waals surface area contributed by atoms with E-state index in [0.717, 1.165) is 16.5 Å². The van der Waals surface area contributed by atoms with Crippen molar-refractivity contribution in [2.24, 2.45) is 5.92 Å². The Morgan fingerprint density at radius 3 is 2.53 bits per heavy atom. The number of anilines is 1. The molecule has 1 aliphatic heterocycles. The predicted octanol–water partition coefficient (Wildman–Crippen LogP) is 3.66. The Bertz CT molecular complexity index is 1420. The summed E-state index contributed by atoms with van der Waals surface area (Å²) in [5, 5.41) is 14.8. The molecule has 3 aromatic rings. The maximum atomic E-state index is 13.3. The lowest BCUT2D eigenvalue weighted by atomic mass is 10.0. The van der Waals surface area contributed by atoms with Crippen molar-refractivity contribution in [1.29, 1.82) is 0 Å². The number of nitro benzene ring substituents is 1. The van der Waals surface area contributed by atoms with Crippen LogP contribution in [-0.2, 0) is 4.79 Å². The number of hydrogen-bond acceptors (Lipinski definition) is 7. The van der Waals surface area contributed by atoms with Gasteiger partial charge in [-0.15, -0.1) is 0 Å². The molecule has 0 spiro atoms. The van der Waals surface area contributed by atoms with Crippen LogP contribution in [0.25, 0.3) is 11.0 Å². The first-order valence-electron chi connectivity index (χ1n) is 10.6. The average Bonchev–Trinajstić information content (AvgIpc) is 3.01. The Balaban J connectivity index is 1.69. The highest BCUT2D eigenvalue weighted by Crippen LogP contribution is 2.33. The zero-order chi connectivity index (χ0) is 24.7. The molecule has 0 saturated carbocycles. The molecule has 0 saturated heterocycles. The molecule has 2 aromatic carbocycles. The fourth-order valence-corrected chi connectivity index (χ4v) is 4.13. The summed E-state index contributed by atoms with van der Waals surface area (Å²) in [5.41, 5.74) is -0.136. The molecule has 0 unspecified atom stereocenters. The first-order chi connectivity index (χ1) is 16.1. The molecule has 10 nitrogen and oxygen atoms in total. The molecule has 1 aromatic heterocycles. The van der Waals surface area contributed by atoms with Gasteiger partial charge in [-0.05, 0) is 43.0 Å². The van der Waals surface area contributed by atoms with Crippen LogP contribution in [0.1, 0.15) is 46.5 Å². The lowest BCUT2D eigenvalue weighted by molar-refractivity contribution is -0.385. The number of fused-ring (bicyclic) bond motifs is 2. The summed E-state index contributed by atoms with van der Waals surface area (Å²) < 4.78 is 5.21. The molecule has 174 valence electrons. The maximum Gasteiger partial charge on any atom is 0.336 e. The average molecular weight is 463 g/mol. The van der Waals surface area contributed by atoms with E-state index in [9.17, 15) is 29.3 Å². The van der Waals surface area contributed by atoms with Crippen LogP contribution in [0.15, 0.2) is 51.7 Å². The first-order valence-corrected chi connectivity index (χ1v) is 10.6. The fourth-order valence-electron chi connectivity index (χ4n) is 4.13. The van der Waals surface area contributed by atoms with Gasteiger partial charge in [0.2, 0.25) is 5.91 Å². The Hall–Kier alpha value is -4.34. The number of rotatable bonds is 6. The number of nitrogens with zero attached hydrogens (tertiary/aromatic N) is 2. The summed E-state index contributed by atoms with van der Waals surface area (Å²) in [6.07, 6.45) is 0.146. The molecule has 2 heterocycles. The smallest absolute Gasteiger partial charge is 0.336 e. The zero-order valence-corrected chi connectivity index (χ0v) is 18.7. The molecule has 0 fully saturated rings. The molecule has 4 rings (SSSR count). The van der Waals surface area contributed by atoms with Gasteiger partial charge in [0, 0.05) is 29.3 Å². The van der Waals surface area contributed by atoms with E-state index in [1.807, 2.05) is 13.8 Å². The van der Waals surface area contributed by atoms with Crippen molar-refractivity contribution in [3.63, 3.8) is 0 Å².